The van der Waals surface area contributed by atoms with Gasteiger partial charge in [0.2, 0.25) is 15.0 Å². The van der Waals surface area contributed by atoms with Crippen LogP contribution in [-0.4, -0.2) is 41.9 Å². The van der Waals surface area contributed by atoms with Crippen molar-refractivity contribution in [2.24, 2.45) is 0 Å². The van der Waals surface area contributed by atoms with Gasteiger partial charge in [0.05, 0.1) is 4.90 Å². The molecule has 1 aromatic heterocycles. The SMILES string of the molecule is Cc1ccccc1NC(=O)c1nnc([C@H]2CCCN(S(=O)(=O)c3ccccc3)C2)s1. The van der Waals surface area contributed by atoms with Crippen molar-refractivity contribution in [3.05, 3.63) is 70.2 Å². The lowest BCUT2D eigenvalue weighted by Crippen LogP contribution is -2.39. The summed E-state index contributed by atoms with van der Waals surface area (Å²) in [6.45, 7) is 2.74. The van der Waals surface area contributed by atoms with Gasteiger partial charge in [-0.1, -0.05) is 47.7 Å². The van der Waals surface area contributed by atoms with Gasteiger partial charge in [-0.25, -0.2) is 8.42 Å². The van der Waals surface area contributed by atoms with Crippen LogP contribution in [0, 0.1) is 6.92 Å². The average molecular weight is 443 g/mol. The Morgan fingerprint density at radius 1 is 1.10 bits per heavy atom. The highest BCUT2D eigenvalue weighted by Gasteiger charge is 2.32. The van der Waals surface area contributed by atoms with Crippen molar-refractivity contribution in [3.8, 4) is 0 Å². The summed E-state index contributed by atoms with van der Waals surface area (Å²) in [5.74, 6) is -0.382. The molecule has 2 heterocycles. The lowest BCUT2D eigenvalue weighted by molar-refractivity contribution is 0.102. The van der Waals surface area contributed by atoms with Crippen LogP contribution in [0.25, 0.3) is 0 Å². The van der Waals surface area contributed by atoms with Gasteiger partial charge in [0.15, 0.2) is 0 Å². The maximum atomic E-state index is 12.9. The Morgan fingerprint density at radius 3 is 2.60 bits per heavy atom. The monoisotopic (exact) mass is 442 g/mol. The van der Waals surface area contributed by atoms with E-state index in [2.05, 4.69) is 15.5 Å². The highest BCUT2D eigenvalue weighted by Crippen LogP contribution is 2.32. The molecule has 1 saturated heterocycles. The molecule has 1 amide bonds. The molecule has 0 radical (unpaired) electrons. The lowest BCUT2D eigenvalue weighted by atomic mass is 10.0. The molecular weight excluding hydrogens is 420 g/mol. The van der Waals surface area contributed by atoms with Crippen molar-refractivity contribution in [1.29, 1.82) is 0 Å². The minimum absolute atomic E-state index is 0.0743. The number of benzene rings is 2. The van der Waals surface area contributed by atoms with Gasteiger partial charge in [-0.2, -0.15) is 4.31 Å². The van der Waals surface area contributed by atoms with E-state index in [4.69, 9.17) is 0 Å². The van der Waals surface area contributed by atoms with E-state index < -0.39 is 10.0 Å². The topological polar surface area (TPSA) is 92.3 Å². The first-order chi connectivity index (χ1) is 14.4. The number of hydrogen-bond donors (Lipinski definition) is 1. The molecule has 0 bridgehead atoms. The largest absolute Gasteiger partial charge is 0.320 e. The smallest absolute Gasteiger partial charge is 0.286 e. The molecule has 9 heteroatoms. The van der Waals surface area contributed by atoms with Crippen LogP contribution < -0.4 is 5.32 Å². The highest BCUT2D eigenvalue weighted by atomic mass is 32.2. The van der Waals surface area contributed by atoms with Crippen LogP contribution in [0.4, 0.5) is 5.69 Å². The van der Waals surface area contributed by atoms with Gasteiger partial charge in [0.25, 0.3) is 5.91 Å². The predicted octanol–water partition coefficient (Wildman–Crippen LogP) is 3.67. The van der Waals surface area contributed by atoms with Gasteiger partial charge in [-0.05, 0) is 43.5 Å². The number of anilines is 1. The molecule has 0 unspecified atom stereocenters. The summed E-state index contributed by atoms with van der Waals surface area (Å²) in [6.07, 6.45) is 1.55. The third-order valence-corrected chi connectivity index (χ3v) is 8.11. The third-order valence-electron chi connectivity index (χ3n) is 5.14. The summed E-state index contributed by atoms with van der Waals surface area (Å²) in [7, 11) is -3.55. The molecule has 1 aliphatic rings. The molecule has 1 aliphatic heterocycles. The second-order valence-electron chi connectivity index (χ2n) is 7.23. The molecule has 4 rings (SSSR count). The number of carbonyl (C=O) groups excluding carboxylic acids is 1. The van der Waals surface area contributed by atoms with Crippen LogP contribution in [0.15, 0.2) is 59.5 Å². The standard InChI is InChI=1S/C21H22N4O3S2/c1-15-8-5-6-12-18(15)22-19(26)21-24-23-20(29-21)16-9-7-13-25(14-16)30(27,28)17-10-3-2-4-11-17/h2-6,8,10-12,16H,7,9,13-14H2,1H3,(H,22,26)/t16-/m0/s1. The molecule has 0 spiro atoms. The zero-order valence-corrected chi connectivity index (χ0v) is 18.1. The van der Waals surface area contributed by atoms with Crippen molar-refractivity contribution in [3.63, 3.8) is 0 Å². The van der Waals surface area contributed by atoms with Gasteiger partial charge in [0.1, 0.15) is 5.01 Å². The average Bonchev–Trinajstić information content (AvgIpc) is 3.27. The Kier molecular flexibility index (Phi) is 5.94. The van der Waals surface area contributed by atoms with Crippen molar-refractivity contribution < 1.29 is 13.2 Å². The molecule has 156 valence electrons. The number of amides is 1. The Morgan fingerprint density at radius 2 is 1.83 bits per heavy atom. The zero-order valence-electron chi connectivity index (χ0n) is 16.5. The second-order valence-corrected chi connectivity index (χ2v) is 10.2. The summed E-state index contributed by atoms with van der Waals surface area (Å²) >= 11 is 1.23. The van der Waals surface area contributed by atoms with E-state index in [-0.39, 0.29) is 16.8 Å². The number of rotatable bonds is 5. The number of nitrogens with one attached hydrogen (secondary N) is 1. The van der Waals surface area contributed by atoms with Crippen LogP contribution in [0.3, 0.4) is 0 Å². The van der Waals surface area contributed by atoms with E-state index in [9.17, 15) is 13.2 Å². The molecule has 1 fully saturated rings. The molecule has 0 saturated carbocycles. The van der Waals surface area contributed by atoms with Crippen molar-refractivity contribution >= 4 is 33.0 Å². The highest BCUT2D eigenvalue weighted by molar-refractivity contribution is 7.89. The van der Waals surface area contributed by atoms with Crippen LogP contribution in [0.5, 0.6) is 0 Å². The fourth-order valence-electron chi connectivity index (χ4n) is 3.48. The fourth-order valence-corrected chi connectivity index (χ4v) is 5.89. The Hall–Kier alpha value is -2.62. The third kappa shape index (κ3) is 4.28. The van der Waals surface area contributed by atoms with Gasteiger partial charge >= 0.3 is 0 Å². The molecular formula is C21H22N4O3S2. The normalized spacial score (nSPS) is 17.6. The lowest BCUT2D eigenvalue weighted by Gasteiger charge is -2.30. The maximum Gasteiger partial charge on any atom is 0.286 e. The summed E-state index contributed by atoms with van der Waals surface area (Å²) < 4.78 is 27.4. The Labute approximate surface area is 179 Å². The summed E-state index contributed by atoms with van der Waals surface area (Å²) in [6, 6.07) is 16.0. The number of aromatic nitrogens is 2. The molecule has 3 aromatic rings. The quantitative estimate of drug-likeness (QED) is 0.651. The van der Waals surface area contributed by atoms with Crippen LogP contribution in [0.2, 0.25) is 0 Å². The number of para-hydroxylation sites is 1. The van der Waals surface area contributed by atoms with Crippen LogP contribution in [-0.2, 0) is 10.0 Å². The molecule has 0 aliphatic carbocycles. The number of aryl methyl sites for hydroxylation is 1. The number of carbonyl (C=O) groups is 1. The van der Waals surface area contributed by atoms with E-state index in [1.165, 1.54) is 15.6 Å². The van der Waals surface area contributed by atoms with E-state index in [1.807, 2.05) is 31.2 Å². The Bertz CT molecular complexity index is 1150. The molecule has 1 atom stereocenters. The predicted molar refractivity (Wildman–Crippen MR) is 116 cm³/mol. The number of nitrogens with zero attached hydrogens (tertiary/aromatic N) is 3. The minimum atomic E-state index is -3.55. The molecule has 30 heavy (non-hydrogen) atoms. The Balaban J connectivity index is 1.48. The number of sulfonamides is 1. The summed E-state index contributed by atoms with van der Waals surface area (Å²) in [5.41, 5.74) is 1.70. The first kappa shape index (κ1) is 20.6. The van der Waals surface area contributed by atoms with Crippen LogP contribution >= 0.6 is 11.3 Å². The van der Waals surface area contributed by atoms with Crippen molar-refractivity contribution in [2.75, 3.05) is 18.4 Å². The summed E-state index contributed by atoms with van der Waals surface area (Å²) in [5, 5.41) is 12.1. The van der Waals surface area contributed by atoms with E-state index in [1.54, 1.807) is 30.3 Å². The van der Waals surface area contributed by atoms with Crippen molar-refractivity contribution in [1.82, 2.24) is 14.5 Å². The maximum absolute atomic E-state index is 12.9. The second kappa shape index (κ2) is 8.63. The first-order valence-corrected chi connectivity index (χ1v) is 12.0. The number of piperidine rings is 1. The molecule has 2 aromatic carbocycles. The van der Waals surface area contributed by atoms with Crippen molar-refractivity contribution in [2.45, 2.75) is 30.6 Å². The molecule has 7 nitrogen and oxygen atoms in total. The van der Waals surface area contributed by atoms with E-state index in [0.717, 1.165) is 24.1 Å². The zero-order chi connectivity index (χ0) is 21.1. The van der Waals surface area contributed by atoms with Gasteiger partial charge < -0.3 is 5.32 Å². The summed E-state index contributed by atoms with van der Waals surface area (Å²) in [4.78, 5) is 12.9. The van der Waals surface area contributed by atoms with Gasteiger partial charge in [-0.3, -0.25) is 4.79 Å². The number of hydrogen-bond acceptors (Lipinski definition) is 6. The minimum Gasteiger partial charge on any atom is -0.320 e. The molecule has 1 N–H and O–H groups in total. The van der Waals surface area contributed by atoms with E-state index >= 15 is 0 Å². The van der Waals surface area contributed by atoms with Gasteiger partial charge in [-0.15, -0.1) is 10.2 Å². The van der Waals surface area contributed by atoms with E-state index in [0.29, 0.717) is 23.0 Å². The van der Waals surface area contributed by atoms with Crippen LogP contribution in [0.1, 0.15) is 39.1 Å². The first-order valence-electron chi connectivity index (χ1n) is 9.71. The fraction of sp³-hybridized carbons (Fsp3) is 0.286. The van der Waals surface area contributed by atoms with Gasteiger partial charge in [0, 0.05) is 24.7 Å².